The van der Waals surface area contributed by atoms with Gasteiger partial charge in [-0.1, -0.05) is 24.3 Å². The molecule has 0 unspecified atom stereocenters. The van der Waals surface area contributed by atoms with Crippen molar-refractivity contribution in [2.45, 2.75) is 10.1 Å². The molecule has 1 aromatic heterocycles. The van der Waals surface area contributed by atoms with Crippen LogP contribution in [0.5, 0.6) is 0 Å². The van der Waals surface area contributed by atoms with Gasteiger partial charge >= 0.3 is 0 Å². The number of aromatic nitrogens is 1. The summed E-state index contributed by atoms with van der Waals surface area (Å²) in [5.41, 5.74) is 6.35. The number of hydrogen-bond donors (Lipinski definition) is 2. The van der Waals surface area contributed by atoms with E-state index in [9.17, 15) is 0 Å². The summed E-state index contributed by atoms with van der Waals surface area (Å²) in [6, 6.07) is 11.7. The molecule has 0 aliphatic heterocycles. The van der Waals surface area contributed by atoms with E-state index < -0.39 is 0 Å². The van der Waals surface area contributed by atoms with Crippen molar-refractivity contribution in [3.05, 3.63) is 54.4 Å². The van der Waals surface area contributed by atoms with E-state index in [1.165, 1.54) is 11.8 Å². The summed E-state index contributed by atoms with van der Waals surface area (Å²) in [5, 5.41) is 10.2. The number of nitrogens with one attached hydrogen (secondary N) is 1. The van der Waals surface area contributed by atoms with Gasteiger partial charge in [0.15, 0.2) is 0 Å². The van der Waals surface area contributed by atoms with Crippen LogP contribution in [0, 0.1) is 5.41 Å². The average Bonchev–Trinajstić information content (AvgIpc) is 2.91. The zero-order valence-corrected chi connectivity index (χ0v) is 10.8. The largest absolute Gasteiger partial charge is 0.440 e. The van der Waals surface area contributed by atoms with Crippen LogP contribution in [0.4, 0.5) is 0 Å². The molecule has 0 aliphatic carbocycles. The van der Waals surface area contributed by atoms with Crippen molar-refractivity contribution in [3.8, 4) is 0 Å². The summed E-state index contributed by atoms with van der Waals surface area (Å²) in [5.74, 6) is 0.0730. The molecule has 3 aromatic rings. The van der Waals surface area contributed by atoms with Crippen LogP contribution in [-0.2, 0) is 0 Å². The van der Waals surface area contributed by atoms with Crippen molar-refractivity contribution in [1.29, 1.82) is 5.41 Å². The van der Waals surface area contributed by atoms with Crippen LogP contribution in [0.3, 0.4) is 0 Å². The Morgan fingerprint density at radius 2 is 1.95 bits per heavy atom. The summed E-state index contributed by atoms with van der Waals surface area (Å²) in [4.78, 5) is 5.14. The minimum Gasteiger partial charge on any atom is -0.440 e. The van der Waals surface area contributed by atoms with E-state index >= 15 is 0 Å². The molecule has 0 atom stereocenters. The maximum absolute atomic E-state index is 7.62. The number of rotatable bonds is 3. The summed E-state index contributed by atoms with van der Waals surface area (Å²) >= 11 is 1.46. The molecule has 0 spiro atoms. The van der Waals surface area contributed by atoms with Crippen LogP contribution in [-0.4, -0.2) is 10.8 Å². The van der Waals surface area contributed by atoms with Gasteiger partial charge in [-0.25, -0.2) is 4.98 Å². The zero-order chi connectivity index (χ0) is 13.2. The van der Waals surface area contributed by atoms with E-state index in [0.717, 1.165) is 21.2 Å². The Bertz CT molecular complexity index is 738. The molecule has 3 rings (SSSR count). The second-order valence-corrected chi connectivity index (χ2v) is 4.96. The van der Waals surface area contributed by atoms with Crippen molar-refractivity contribution in [3.63, 3.8) is 0 Å². The Hall–Kier alpha value is -2.27. The number of nitrogen functional groups attached to an aromatic ring is 1. The zero-order valence-electron chi connectivity index (χ0n) is 9.96. The van der Waals surface area contributed by atoms with Crippen LogP contribution in [0.2, 0.25) is 0 Å². The summed E-state index contributed by atoms with van der Waals surface area (Å²) in [7, 11) is 0. The van der Waals surface area contributed by atoms with Crippen LogP contribution in [0.25, 0.3) is 10.8 Å². The minimum absolute atomic E-state index is 0.0730. The lowest BCUT2D eigenvalue weighted by molar-refractivity contribution is 0.454. The highest BCUT2D eigenvalue weighted by Crippen LogP contribution is 2.33. The molecule has 3 N–H and O–H groups in total. The quantitative estimate of drug-likeness (QED) is 0.565. The topological polar surface area (TPSA) is 75.9 Å². The molecule has 0 amide bonds. The molecule has 2 aromatic carbocycles. The molecule has 1 heterocycles. The number of amidine groups is 1. The van der Waals surface area contributed by atoms with Gasteiger partial charge < -0.3 is 10.2 Å². The fraction of sp³-hybridized carbons (Fsp3) is 0. The van der Waals surface area contributed by atoms with E-state index in [1.54, 1.807) is 12.5 Å². The van der Waals surface area contributed by atoms with Gasteiger partial charge in [-0.2, -0.15) is 0 Å². The van der Waals surface area contributed by atoms with E-state index in [4.69, 9.17) is 15.6 Å². The molecule has 0 saturated carbocycles. The first-order valence-corrected chi connectivity index (χ1v) is 6.51. The smallest absolute Gasteiger partial charge is 0.260 e. The molecule has 0 radical (unpaired) electrons. The summed E-state index contributed by atoms with van der Waals surface area (Å²) < 4.78 is 5.25. The fourth-order valence-electron chi connectivity index (χ4n) is 1.95. The maximum Gasteiger partial charge on any atom is 0.260 e. The number of oxazole rings is 1. The average molecular weight is 269 g/mol. The molecule has 0 aliphatic rings. The van der Waals surface area contributed by atoms with Crippen LogP contribution < -0.4 is 5.73 Å². The van der Waals surface area contributed by atoms with Gasteiger partial charge in [0.05, 0.1) is 6.20 Å². The summed E-state index contributed by atoms with van der Waals surface area (Å²) in [6.07, 6.45) is 3.17. The fourth-order valence-corrected chi connectivity index (χ4v) is 2.78. The Labute approximate surface area is 114 Å². The highest BCUT2D eigenvalue weighted by Gasteiger charge is 2.10. The Kier molecular flexibility index (Phi) is 2.97. The number of nitrogens with zero attached hydrogens (tertiary/aromatic N) is 1. The number of fused-ring (bicyclic) bond motifs is 1. The third-order valence-electron chi connectivity index (χ3n) is 2.78. The lowest BCUT2D eigenvalue weighted by Gasteiger charge is -2.08. The van der Waals surface area contributed by atoms with Crippen molar-refractivity contribution in [1.82, 2.24) is 4.98 Å². The lowest BCUT2D eigenvalue weighted by atomic mass is 10.0. The normalized spacial score (nSPS) is 10.7. The minimum atomic E-state index is 0.0730. The molecule has 0 bridgehead atoms. The lowest BCUT2D eigenvalue weighted by Crippen LogP contribution is -2.11. The SMILES string of the molecule is N=C(N)c1ccc(Sc2ncco2)c2ccccc12. The molecule has 5 heteroatoms. The van der Waals surface area contributed by atoms with Crippen molar-refractivity contribution in [2.24, 2.45) is 5.73 Å². The third kappa shape index (κ3) is 2.20. The third-order valence-corrected chi connectivity index (χ3v) is 3.73. The standard InChI is InChI=1S/C14H11N3OS/c15-13(16)11-5-6-12(19-14-17-7-8-18-14)10-4-2-1-3-9(10)11/h1-8H,(H3,15,16). The Morgan fingerprint density at radius 1 is 1.16 bits per heavy atom. The van der Waals surface area contributed by atoms with Gasteiger partial charge in [-0.3, -0.25) is 5.41 Å². The van der Waals surface area contributed by atoms with Gasteiger partial charge in [-0.15, -0.1) is 0 Å². The Morgan fingerprint density at radius 3 is 2.63 bits per heavy atom. The molecular formula is C14H11N3OS. The highest BCUT2D eigenvalue weighted by molar-refractivity contribution is 7.99. The van der Waals surface area contributed by atoms with E-state index in [1.807, 2.05) is 36.4 Å². The van der Waals surface area contributed by atoms with Crippen LogP contribution >= 0.6 is 11.8 Å². The maximum atomic E-state index is 7.62. The Balaban J connectivity index is 2.16. The highest BCUT2D eigenvalue weighted by atomic mass is 32.2. The molecule has 4 nitrogen and oxygen atoms in total. The molecule has 0 saturated heterocycles. The molecular weight excluding hydrogens is 258 g/mol. The number of nitrogens with two attached hydrogens (primary N) is 1. The monoisotopic (exact) mass is 269 g/mol. The predicted molar refractivity (Wildman–Crippen MR) is 75.6 cm³/mol. The van der Waals surface area contributed by atoms with Crippen LogP contribution in [0.1, 0.15) is 5.56 Å². The molecule has 19 heavy (non-hydrogen) atoms. The second kappa shape index (κ2) is 4.78. The van der Waals surface area contributed by atoms with Crippen molar-refractivity contribution < 1.29 is 4.42 Å². The van der Waals surface area contributed by atoms with Crippen molar-refractivity contribution in [2.75, 3.05) is 0 Å². The van der Waals surface area contributed by atoms with E-state index in [-0.39, 0.29) is 5.84 Å². The van der Waals surface area contributed by atoms with E-state index in [2.05, 4.69) is 4.98 Å². The van der Waals surface area contributed by atoms with Gasteiger partial charge in [0, 0.05) is 10.5 Å². The second-order valence-electron chi connectivity index (χ2n) is 3.97. The molecule has 0 fully saturated rings. The van der Waals surface area contributed by atoms with Gasteiger partial charge in [0.25, 0.3) is 5.22 Å². The first kappa shape index (κ1) is 11.8. The van der Waals surface area contributed by atoms with Gasteiger partial charge in [0.1, 0.15) is 12.1 Å². The van der Waals surface area contributed by atoms with Gasteiger partial charge in [-0.05, 0) is 34.7 Å². The number of benzene rings is 2. The first-order valence-electron chi connectivity index (χ1n) is 5.69. The van der Waals surface area contributed by atoms with Gasteiger partial charge in [0.2, 0.25) is 0 Å². The predicted octanol–water partition coefficient (Wildman–Crippen LogP) is 3.26. The summed E-state index contributed by atoms with van der Waals surface area (Å²) in [6.45, 7) is 0. The number of hydrogen-bond acceptors (Lipinski definition) is 4. The van der Waals surface area contributed by atoms with Crippen molar-refractivity contribution >= 4 is 28.4 Å². The van der Waals surface area contributed by atoms with Crippen LogP contribution in [0.15, 0.2) is 63.4 Å². The van der Waals surface area contributed by atoms with E-state index in [0.29, 0.717) is 5.22 Å². The molecule has 94 valence electrons. The first-order chi connectivity index (χ1) is 9.25.